The molecule has 0 aliphatic carbocycles. The molecule has 0 unspecified atom stereocenters. The molecule has 1 aromatic heterocycles. The van der Waals surface area contributed by atoms with E-state index in [1.165, 1.54) is 0 Å². The first kappa shape index (κ1) is 6.75. The van der Waals surface area contributed by atoms with Crippen molar-refractivity contribution in [2.45, 2.75) is 0 Å². The Kier molecular flexibility index (Phi) is 3.04. The smallest absolute Gasteiger partial charge is 0.0267 e. The molecule has 0 spiro atoms. The van der Waals surface area contributed by atoms with Crippen LogP contribution < -0.4 is 0 Å². The molecule has 0 bridgehead atoms. The molecule has 0 saturated carbocycles. The minimum Gasteiger partial charge on any atom is -0.265 e. The first-order valence-corrected chi connectivity index (χ1v) is 3.18. The molecule has 0 aliphatic rings. The molecule has 1 rings (SSSR count). The summed E-state index contributed by atoms with van der Waals surface area (Å²) in [7, 11) is 0. The fourth-order valence-corrected chi connectivity index (χ4v) is 0.569. The van der Waals surface area contributed by atoms with Gasteiger partial charge in [0.15, 0.2) is 0 Å². The normalized spacial score (nSPS) is 8.00. The van der Waals surface area contributed by atoms with Gasteiger partial charge in [-0.1, -0.05) is 30.3 Å². The molecule has 1 aromatic rings. The topological polar surface area (TPSA) is 12.9 Å². The Balaban J connectivity index is 3.00. The average Bonchev–Trinajstić information content (AvgIpc) is 2.01. The Bertz CT molecular complexity index is 144. The van der Waals surface area contributed by atoms with E-state index < -0.39 is 0 Å². The van der Waals surface area contributed by atoms with E-state index in [4.69, 9.17) is 0 Å². The van der Waals surface area contributed by atoms with Gasteiger partial charge >= 0.3 is 0 Å². The lowest BCUT2D eigenvalue weighted by Crippen LogP contribution is -1.56. The third-order valence-electron chi connectivity index (χ3n) is 1.01. The van der Waals surface area contributed by atoms with Crippen LogP contribution in [-0.2, 0) is 0 Å². The molecular weight excluding hydrogens is 122 g/mol. The summed E-state index contributed by atoms with van der Waals surface area (Å²) < 4.78 is 0. The molecule has 0 fully saturated rings. The van der Waals surface area contributed by atoms with Gasteiger partial charge in [-0.15, -0.1) is 0 Å². The van der Waals surface area contributed by atoms with E-state index in [-0.39, 0.29) is 0 Å². The third kappa shape index (κ3) is 2.82. The summed E-state index contributed by atoms with van der Waals surface area (Å²) in [5.74, 6) is 0. The molecule has 1 heterocycles. The fourth-order valence-electron chi connectivity index (χ4n) is 0.569. The molecule has 0 amide bonds. The van der Waals surface area contributed by atoms with Crippen LogP contribution in [0, 0.1) is 0 Å². The Morgan fingerprint density at radius 1 is 0.500 bits per heavy atom. The average molecular weight is 131 g/mol. The highest BCUT2D eigenvalue weighted by Gasteiger charge is 1.58. The summed E-state index contributed by atoms with van der Waals surface area (Å²) in [4.78, 5) is 3.96. The second kappa shape index (κ2) is 4.50. The van der Waals surface area contributed by atoms with Crippen molar-refractivity contribution in [2.75, 3.05) is 0 Å². The van der Waals surface area contributed by atoms with Crippen LogP contribution in [0.15, 0.2) is 54.9 Å². The van der Waals surface area contributed by atoms with Crippen LogP contribution in [0.3, 0.4) is 0 Å². The van der Waals surface area contributed by atoms with E-state index >= 15 is 0 Å². The molecule has 0 N–H and O–H groups in total. The predicted octanol–water partition coefficient (Wildman–Crippen LogP) is 2.21. The molecule has 0 radical (unpaired) electrons. The van der Waals surface area contributed by atoms with Gasteiger partial charge in [0.1, 0.15) is 0 Å². The largest absolute Gasteiger partial charge is 0.265 e. The first-order chi connectivity index (χ1) is 5.00. The van der Waals surface area contributed by atoms with Crippen LogP contribution >= 0.6 is 0 Å². The zero-order chi connectivity index (χ0) is 7.07. The van der Waals surface area contributed by atoms with E-state index in [9.17, 15) is 0 Å². The van der Waals surface area contributed by atoms with Crippen molar-refractivity contribution in [3.8, 4) is 0 Å². The lowest BCUT2D eigenvalue weighted by molar-refractivity contribution is 1.35. The molecule has 50 valence electrons. The van der Waals surface area contributed by atoms with Gasteiger partial charge < -0.3 is 0 Å². The fraction of sp³-hybridized carbons (Fsp3) is 0. The molecule has 0 atom stereocenters. The Morgan fingerprint density at radius 2 is 0.900 bits per heavy atom. The van der Waals surface area contributed by atoms with E-state index in [0.717, 1.165) is 0 Å². The maximum absolute atomic E-state index is 3.96. The maximum atomic E-state index is 3.96. The molecule has 0 aromatic carbocycles. The molecule has 10 heavy (non-hydrogen) atoms. The monoisotopic (exact) mass is 131 g/mol. The predicted molar refractivity (Wildman–Crippen MR) is 41.9 cm³/mol. The van der Waals surface area contributed by atoms with Gasteiger partial charge in [-0.25, -0.2) is 0 Å². The van der Waals surface area contributed by atoms with Gasteiger partial charge in [0, 0.05) is 12.4 Å². The zero-order valence-corrected chi connectivity index (χ0v) is 5.64. The van der Waals surface area contributed by atoms with E-state index in [2.05, 4.69) is 4.98 Å². The maximum Gasteiger partial charge on any atom is 0.0267 e. The van der Waals surface area contributed by atoms with Gasteiger partial charge in [-0.2, -0.15) is 0 Å². The summed E-state index contributed by atoms with van der Waals surface area (Å²) >= 11 is 0. The quantitative estimate of drug-likeness (QED) is 0.526. The molecular formula is C9H9N. The Hall–Kier alpha value is -1.37. The Labute approximate surface area is 60.7 Å². The number of aromatic nitrogens is 1. The molecule has 0 saturated heterocycles. The van der Waals surface area contributed by atoms with Crippen molar-refractivity contribution in [2.24, 2.45) is 0 Å². The highest BCUT2D eigenvalue weighted by molar-refractivity contribution is 4.94. The highest BCUT2D eigenvalue weighted by atomic mass is 14.6. The van der Waals surface area contributed by atoms with Crippen LogP contribution in [0.4, 0.5) is 0 Å². The Morgan fingerprint density at radius 3 is 1.40 bits per heavy atom. The van der Waals surface area contributed by atoms with Crippen molar-refractivity contribution in [1.82, 2.24) is 4.98 Å². The second-order valence-electron chi connectivity index (χ2n) is 1.79. The van der Waals surface area contributed by atoms with Crippen LogP contribution in [-0.4, -0.2) is 4.98 Å². The van der Waals surface area contributed by atoms with Crippen molar-refractivity contribution in [3.63, 3.8) is 0 Å². The van der Waals surface area contributed by atoms with E-state index in [1.54, 1.807) is 12.4 Å². The number of hydrogen-bond acceptors (Lipinski definition) is 1. The lowest BCUT2D eigenvalue weighted by Gasteiger charge is -1.70. The summed E-state index contributed by atoms with van der Waals surface area (Å²) in [5.41, 5.74) is 0. The molecule has 0 aliphatic heterocycles. The van der Waals surface area contributed by atoms with E-state index in [1.807, 2.05) is 42.5 Å². The van der Waals surface area contributed by atoms with Crippen LogP contribution in [0.1, 0.15) is 0 Å². The van der Waals surface area contributed by atoms with Crippen molar-refractivity contribution in [1.29, 1.82) is 0 Å². The lowest BCUT2D eigenvalue weighted by atomic mass is 10.4. The van der Waals surface area contributed by atoms with Crippen molar-refractivity contribution < 1.29 is 0 Å². The molecule has 1 heteroatoms. The van der Waals surface area contributed by atoms with Gasteiger partial charge in [-0.05, 0) is 12.1 Å². The van der Waals surface area contributed by atoms with Crippen molar-refractivity contribution in [3.05, 3.63) is 54.9 Å². The zero-order valence-electron chi connectivity index (χ0n) is 5.64. The van der Waals surface area contributed by atoms with Crippen LogP contribution in [0.2, 0.25) is 0 Å². The SMILES string of the molecule is c1ccccncccc1. The van der Waals surface area contributed by atoms with Gasteiger partial charge in [-0.3, -0.25) is 4.98 Å². The minimum atomic E-state index is 1.75. The van der Waals surface area contributed by atoms with Crippen LogP contribution in [0.5, 0.6) is 0 Å². The summed E-state index contributed by atoms with van der Waals surface area (Å²) in [6.07, 6.45) is 3.50. The second-order valence-corrected chi connectivity index (χ2v) is 1.79. The standard InChI is InChI=1S/C9H9N/c1-2-4-6-8-10-9-7-5-3-1/h1-9H. The van der Waals surface area contributed by atoms with Crippen LogP contribution in [0.25, 0.3) is 0 Å². The van der Waals surface area contributed by atoms with Crippen molar-refractivity contribution >= 4 is 0 Å². The van der Waals surface area contributed by atoms with Gasteiger partial charge in [0.2, 0.25) is 0 Å². The minimum absolute atomic E-state index is 1.75. The third-order valence-corrected chi connectivity index (χ3v) is 1.01. The summed E-state index contributed by atoms with van der Waals surface area (Å²) in [6.45, 7) is 0. The van der Waals surface area contributed by atoms with E-state index in [0.29, 0.717) is 0 Å². The highest BCUT2D eigenvalue weighted by Crippen LogP contribution is 1.77. The van der Waals surface area contributed by atoms with Gasteiger partial charge in [0.25, 0.3) is 0 Å². The number of hydrogen-bond donors (Lipinski definition) is 0. The summed E-state index contributed by atoms with van der Waals surface area (Å²) in [6, 6.07) is 13.5. The number of rotatable bonds is 0. The summed E-state index contributed by atoms with van der Waals surface area (Å²) in [5, 5.41) is 0. The molecule has 1 nitrogen and oxygen atoms in total. The number of nitrogens with zero attached hydrogens (tertiary/aromatic N) is 1. The van der Waals surface area contributed by atoms with Gasteiger partial charge in [0.05, 0.1) is 0 Å². The first-order valence-electron chi connectivity index (χ1n) is 3.18.